The predicted octanol–water partition coefficient (Wildman–Crippen LogP) is 5.70. The van der Waals surface area contributed by atoms with Crippen LogP contribution in [0, 0.1) is 40.6 Å². The van der Waals surface area contributed by atoms with Gasteiger partial charge in [0.2, 0.25) is 0 Å². The van der Waals surface area contributed by atoms with E-state index < -0.39 is 41.6 Å². The van der Waals surface area contributed by atoms with Gasteiger partial charge in [-0.3, -0.25) is 4.79 Å². The van der Waals surface area contributed by atoms with Crippen molar-refractivity contribution in [2.75, 3.05) is 6.61 Å². The molecule has 1 aromatic rings. The first-order chi connectivity index (χ1) is 18.4. The lowest BCUT2D eigenvalue weighted by molar-refractivity contribution is -0.208. The van der Waals surface area contributed by atoms with Crippen LogP contribution in [0.1, 0.15) is 65.4 Å². The third-order valence-electron chi connectivity index (χ3n) is 10.3. The highest BCUT2D eigenvalue weighted by molar-refractivity contribution is 5.89. The van der Waals surface area contributed by atoms with Crippen LogP contribution in [0.4, 0.5) is 5.69 Å². The van der Waals surface area contributed by atoms with Crippen LogP contribution < -0.4 is 0 Å². The number of aliphatic hydroxyl groups excluding tert-OH is 1. The molecule has 3 aliphatic rings. The van der Waals surface area contributed by atoms with Gasteiger partial charge in [-0.2, -0.15) is 0 Å². The molecule has 8 atom stereocenters. The minimum atomic E-state index is -0.741. The zero-order chi connectivity index (χ0) is 28.6. The first-order valence-corrected chi connectivity index (χ1v) is 13.8. The summed E-state index contributed by atoms with van der Waals surface area (Å²) in [4.78, 5) is 42.1. The van der Waals surface area contributed by atoms with Crippen LogP contribution in [0.25, 0.3) is 10.9 Å². The van der Waals surface area contributed by atoms with Crippen molar-refractivity contribution in [3.05, 3.63) is 60.0 Å². The van der Waals surface area contributed by atoms with Gasteiger partial charge >= 0.3 is 11.9 Å². The molecule has 3 aliphatic carbocycles. The maximum atomic E-state index is 13.5. The minimum absolute atomic E-state index is 0.106. The highest BCUT2D eigenvalue weighted by Crippen LogP contribution is 2.68. The monoisotopic (exact) mass is 533 g/mol. The Labute approximate surface area is 231 Å². The normalized spacial score (nSPS) is 37.7. The number of aliphatic hydroxyl groups is 1. The van der Waals surface area contributed by atoms with E-state index in [-0.39, 0.29) is 29.0 Å². The van der Waals surface area contributed by atoms with Gasteiger partial charge < -0.3 is 14.6 Å². The predicted molar refractivity (Wildman–Crippen MR) is 147 cm³/mol. The van der Waals surface area contributed by atoms with E-state index in [1.807, 2.05) is 6.92 Å². The van der Waals surface area contributed by atoms with Crippen LogP contribution in [0.5, 0.6) is 0 Å². The zero-order valence-electron chi connectivity index (χ0n) is 23.3. The molecule has 0 aromatic heterocycles. The highest BCUT2D eigenvalue weighted by Gasteiger charge is 2.68. The Kier molecular flexibility index (Phi) is 7.91. The molecule has 1 aromatic carbocycles. The molecular formula is C32H39NO6. The van der Waals surface area contributed by atoms with Gasteiger partial charge in [0, 0.05) is 29.2 Å². The van der Waals surface area contributed by atoms with Crippen LogP contribution >= 0.6 is 0 Å². The second kappa shape index (κ2) is 10.7. The standard InChI is InChI=1S/C32H39NO6/c1-7-30(4)18-25(39-27(36)19-38-26(35)13-10-22-8-11-23(33-6)12-9-22)31(5)20(2)14-16-32(21(3)29(30)37)17-15-24(34)28(31)32/h7-13,20-21,25,28-29,37H,1,14-19H2,2-5H3/b13-10+/t20-,21+,25-,28+,29+,30-,31+,32+/m1/s1. The number of hydrogen-bond acceptors (Lipinski definition) is 6. The van der Waals surface area contributed by atoms with Gasteiger partial charge in [-0.25, -0.2) is 14.4 Å². The van der Waals surface area contributed by atoms with Crippen molar-refractivity contribution in [1.82, 2.24) is 0 Å². The molecule has 39 heavy (non-hydrogen) atoms. The number of carbonyl (C=O) groups is 3. The molecule has 2 bridgehead atoms. The number of carbonyl (C=O) groups excluding carboxylic acids is 3. The maximum absolute atomic E-state index is 13.5. The second-order valence-electron chi connectivity index (χ2n) is 12.2. The molecule has 3 saturated carbocycles. The van der Waals surface area contributed by atoms with E-state index in [1.54, 1.807) is 36.4 Å². The Hall–Kier alpha value is -3.24. The van der Waals surface area contributed by atoms with Crippen molar-refractivity contribution in [2.24, 2.45) is 34.0 Å². The molecule has 1 N–H and O–H groups in total. The van der Waals surface area contributed by atoms with Crippen molar-refractivity contribution >= 4 is 29.5 Å². The Morgan fingerprint density at radius 2 is 1.90 bits per heavy atom. The van der Waals surface area contributed by atoms with Crippen LogP contribution in [0.15, 0.2) is 43.0 Å². The zero-order valence-corrected chi connectivity index (χ0v) is 23.3. The number of ketones is 1. The number of Topliss-reactive ketones (excluding diaryl/α,β-unsaturated/α-hetero) is 1. The third kappa shape index (κ3) is 4.96. The van der Waals surface area contributed by atoms with E-state index in [0.29, 0.717) is 18.5 Å². The average molecular weight is 534 g/mol. The number of ether oxygens (including phenoxy) is 2. The fourth-order valence-electron chi connectivity index (χ4n) is 7.70. The summed E-state index contributed by atoms with van der Waals surface area (Å²) >= 11 is 0. The average Bonchev–Trinajstić information content (AvgIpc) is 3.29. The molecule has 4 rings (SSSR count). The van der Waals surface area contributed by atoms with E-state index >= 15 is 0 Å². The van der Waals surface area contributed by atoms with Crippen molar-refractivity contribution < 1.29 is 29.0 Å². The largest absolute Gasteiger partial charge is 0.459 e. The number of esters is 2. The molecule has 208 valence electrons. The Balaban J connectivity index is 1.54. The summed E-state index contributed by atoms with van der Waals surface area (Å²) in [6.45, 7) is 18.7. The summed E-state index contributed by atoms with van der Waals surface area (Å²) in [6, 6.07) is 6.72. The van der Waals surface area contributed by atoms with Crippen LogP contribution in [0.3, 0.4) is 0 Å². The highest BCUT2D eigenvalue weighted by atomic mass is 16.6. The number of rotatable bonds is 6. The van der Waals surface area contributed by atoms with E-state index in [4.69, 9.17) is 16.0 Å². The van der Waals surface area contributed by atoms with Crippen molar-refractivity contribution in [3.63, 3.8) is 0 Å². The molecule has 0 aliphatic heterocycles. The van der Waals surface area contributed by atoms with Gasteiger partial charge in [0.1, 0.15) is 11.9 Å². The van der Waals surface area contributed by atoms with Crippen LogP contribution in [0.2, 0.25) is 0 Å². The molecule has 0 heterocycles. The SMILES string of the molecule is [C-]#[N+]c1ccc(/C=C/C(=O)OCC(=O)O[C@@H]2C[C@@](C)(C=C)[C@@H](O)[C@H](C)[C@]34CCC(=O)[C@H]3[C@@]2(C)[C@H](C)CC4)cc1. The summed E-state index contributed by atoms with van der Waals surface area (Å²) in [5, 5.41) is 11.6. The summed E-state index contributed by atoms with van der Waals surface area (Å²) in [7, 11) is 0. The summed E-state index contributed by atoms with van der Waals surface area (Å²) < 4.78 is 11.2. The number of nitrogens with zero attached hydrogens (tertiary/aromatic N) is 1. The Morgan fingerprint density at radius 1 is 1.21 bits per heavy atom. The van der Waals surface area contributed by atoms with E-state index in [1.165, 1.54) is 6.08 Å². The number of benzene rings is 1. The fourth-order valence-corrected chi connectivity index (χ4v) is 7.70. The first kappa shape index (κ1) is 28.8. The van der Waals surface area contributed by atoms with Gasteiger partial charge in [0.05, 0.1) is 12.7 Å². The molecule has 0 spiro atoms. The van der Waals surface area contributed by atoms with Crippen molar-refractivity contribution in [1.29, 1.82) is 0 Å². The smallest absolute Gasteiger partial charge is 0.344 e. The van der Waals surface area contributed by atoms with Gasteiger partial charge in [0.15, 0.2) is 12.3 Å². The molecule has 0 amide bonds. The van der Waals surface area contributed by atoms with E-state index in [2.05, 4.69) is 32.2 Å². The lowest BCUT2D eigenvalue weighted by Gasteiger charge is -2.61. The van der Waals surface area contributed by atoms with Crippen molar-refractivity contribution in [2.45, 2.75) is 72.0 Å². The number of hydrogen-bond donors (Lipinski definition) is 1. The summed E-state index contributed by atoms with van der Waals surface area (Å²) in [6.07, 6.45) is 6.38. The molecule has 7 heteroatoms. The minimum Gasteiger partial charge on any atom is -0.459 e. The second-order valence-corrected chi connectivity index (χ2v) is 12.2. The first-order valence-electron chi connectivity index (χ1n) is 13.8. The molecule has 3 fully saturated rings. The summed E-state index contributed by atoms with van der Waals surface area (Å²) in [5.74, 6) is -1.50. The van der Waals surface area contributed by atoms with Gasteiger partial charge in [0.25, 0.3) is 0 Å². The molecular weight excluding hydrogens is 494 g/mol. The summed E-state index contributed by atoms with van der Waals surface area (Å²) in [5.41, 5.74) is -0.483. The van der Waals surface area contributed by atoms with Gasteiger partial charge in [-0.05, 0) is 54.6 Å². The van der Waals surface area contributed by atoms with Gasteiger partial charge in [-0.1, -0.05) is 58.0 Å². The molecule has 0 radical (unpaired) electrons. The molecule has 0 saturated heterocycles. The molecule has 0 unspecified atom stereocenters. The third-order valence-corrected chi connectivity index (χ3v) is 10.3. The fraction of sp³-hybridized carbons (Fsp3) is 0.562. The lowest BCUT2D eigenvalue weighted by Crippen LogP contribution is -2.63. The van der Waals surface area contributed by atoms with Crippen molar-refractivity contribution in [3.8, 4) is 0 Å². The quantitative estimate of drug-likeness (QED) is 0.218. The van der Waals surface area contributed by atoms with Gasteiger partial charge in [-0.15, -0.1) is 6.58 Å². The Bertz CT molecular complexity index is 1210. The molecule has 7 nitrogen and oxygen atoms in total. The maximum Gasteiger partial charge on any atom is 0.344 e. The van der Waals surface area contributed by atoms with Crippen LogP contribution in [-0.2, 0) is 23.9 Å². The topological polar surface area (TPSA) is 94.3 Å². The Morgan fingerprint density at radius 3 is 2.54 bits per heavy atom. The van der Waals surface area contributed by atoms with E-state index in [9.17, 15) is 19.5 Å². The van der Waals surface area contributed by atoms with E-state index in [0.717, 1.165) is 24.8 Å². The van der Waals surface area contributed by atoms with Crippen LogP contribution in [-0.4, -0.2) is 41.6 Å². The lowest BCUT2D eigenvalue weighted by atomic mass is 9.44.